The van der Waals surface area contributed by atoms with E-state index in [9.17, 15) is 13.5 Å². The Kier molecular flexibility index (Phi) is 3.41. The van der Waals surface area contributed by atoms with Gasteiger partial charge in [-0.25, -0.2) is 8.42 Å². The van der Waals surface area contributed by atoms with Gasteiger partial charge < -0.3 is 5.11 Å². The summed E-state index contributed by atoms with van der Waals surface area (Å²) in [7, 11) is -3.23. The lowest BCUT2D eigenvalue weighted by Gasteiger charge is -2.31. The largest absolute Gasteiger partial charge is 0.384 e. The number of hydrogen-bond donors (Lipinski definition) is 1. The SMILES string of the molecule is CS(=O)(=O)C1CCCC1(O)c1ccc(C2CCC2)cc1. The second-order valence-electron chi connectivity index (χ2n) is 6.38. The van der Waals surface area contributed by atoms with Gasteiger partial charge in [0.05, 0.1) is 5.25 Å². The maximum absolute atomic E-state index is 11.9. The van der Waals surface area contributed by atoms with Crippen LogP contribution in [0.25, 0.3) is 0 Å². The average molecular weight is 294 g/mol. The minimum Gasteiger partial charge on any atom is -0.384 e. The summed E-state index contributed by atoms with van der Waals surface area (Å²) in [6, 6.07) is 7.98. The molecule has 110 valence electrons. The maximum atomic E-state index is 11.9. The second-order valence-corrected chi connectivity index (χ2v) is 8.61. The highest BCUT2D eigenvalue weighted by molar-refractivity contribution is 7.91. The van der Waals surface area contributed by atoms with Crippen molar-refractivity contribution >= 4 is 9.84 Å². The number of rotatable bonds is 3. The van der Waals surface area contributed by atoms with E-state index in [1.54, 1.807) is 0 Å². The van der Waals surface area contributed by atoms with Gasteiger partial charge in [0.2, 0.25) is 0 Å². The summed E-state index contributed by atoms with van der Waals surface area (Å²) in [5.74, 6) is 0.660. The van der Waals surface area contributed by atoms with E-state index in [0.29, 0.717) is 18.8 Å². The summed E-state index contributed by atoms with van der Waals surface area (Å²) in [5, 5.41) is 10.2. The van der Waals surface area contributed by atoms with Crippen molar-refractivity contribution in [1.82, 2.24) is 0 Å². The first-order chi connectivity index (χ1) is 9.41. The van der Waals surface area contributed by atoms with Gasteiger partial charge in [0.1, 0.15) is 5.60 Å². The van der Waals surface area contributed by atoms with Gasteiger partial charge in [-0.05, 0) is 49.1 Å². The lowest BCUT2D eigenvalue weighted by Crippen LogP contribution is -2.39. The zero-order chi connectivity index (χ0) is 14.4. The standard InChI is InChI=1S/C16H22O3S/c1-20(18,19)15-6-3-11-16(15,17)14-9-7-13(8-10-14)12-4-2-5-12/h7-10,12,15,17H,2-6,11H2,1H3. The van der Waals surface area contributed by atoms with Crippen molar-refractivity contribution in [3.63, 3.8) is 0 Å². The van der Waals surface area contributed by atoms with Crippen LogP contribution < -0.4 is 0 Å². The average Bonchev–Trinajstić information content (AvgIpc) is 2.71. The van der Waals surface area contributed by atoms with E-state index in [4.69, 9.17) is 0 Å². The molecule has 20 heavy (non-hydrogen) atoms. The molecule has 3 rings (SSSR count). The smallest absolute Gasteiger partial charge is 0.153 e. The number of benzene rings is 1. The molecule has 0 amide bonds. The van der Waals surface area contributed by atoms with Crippen molar-refractivity contribution in [2.75, 3.05) is 6.26 Å². The lowest BCUT2D eigenvalue weighted by molar-refractivity contribution is 0.0477. The van der Waals surface area contributed by atoms with Crippen molar-refractivity contribution < 1.29 is 13.5 Å². The topological polar surface area (TPSA) is 54.4 Å². The summed E-state index contributed by atoms with van der Waals surface area (Å²) < 4.78 is 23.8. The summed E-state index contributed by atoms with van der Waals surface area (Å²) in [5.41, 5.74) is 0.872. The predicted octanol–water partition coefficient (Wildman–Crippen LogP) is 2.74. The van der Waals surface area contributed by atoms with E-state index < -0.39 is 20.7 Å². The van der Waals surface area contributed by atoms with Crippen molar-refractivity contribution in [3.05, 3.63) is 35.4 Å². The quantitative estimate of drug-likeness (QED) is 0.932. The zero-order valence-electron chi connectivity index (χ0n) is 11.9. The molecule has 4 heteroatoms. The van der Waals surface area contributed by atoms with E-state index in [2.05, 4.69) is 12.1 Å². The molecule has 0 saturated heterocycles. The number of sulfone groups is 1. The number of aliphatic hydroxyl groups is 1. The minimum absolute atomic E-state index is 0.535. The van der Waals surface area contributed by atoms with Crippen molar-refractivity contribution in [3.8, 4) is 0 Å². The van der Waals surface area contributed by atoms with E-state index in [1.807, 2.05) is 12.1 Å². The van der Waals surface area contributed by atoms with Gasteiger partial charge in [0.15, 0.2) is 9.84 Å². The second kappa shape index (κ2) is 4.85. The molecule has 2 aliphatic carbocycles. The van der Waals surface area contributed by atoms with Gasteiger partial charge in [-0.15, -0.1) is 0 Å². The molecule has 0 spiro atoms. The fourth-order valence-electron chi connectivity index (χ4n) is 3.64. The molecule has 0 aliphatic heterocycles. The Labute approximate surface area is 120 Å². The van der Waals surface area contributed by atoms with E-state index in [1.165, 1.54) is 31.1 Å². The van der Waals surface area contributed by atoms with Crippen LogP contribution in [0.4, 0.5) is 0 Å². The molecular formula is C16H22O3S. The molecule has 1 N–H and O–H groups in total. The third-order valence-corrected chi connectivity index (χ3v) is 6.72. The highest BCUT2D eigenvalue weighted by Gasteiger charge is 2.47. The molecule has 1 aromatic carbocycles. The first kappa shape index (κ1) is 14.1. The van der Waals surface area contributed by atoms with Gasteiger partial charge >= 0.3 is 0 Å². The Bertz CT molecular complexity index is 587. The lowest BCUT2D eigenvalue weighted by atomic mass is 9.79. The number of hydrogen-bond acceptors (Lipinski definition) is 3. The molecule has 2 unspecified atom stereocenters. The normalized spacial score (nSPS) is 31.2. The zero-order valence-corrected chi connectivity index (χ0v) is 12.7. The Balaban J connectivity index is 1.90. The van der Waals surface area contributed by atoms with Gasteiger partial charge in [0, 0.05) is 6.26 Å². The molecular weight excluding hydrogens is 272 g/mol. The molecule has 0 aromatic heterocycles. The first-order valence-electron chi connectivity index (χ1n) is 7.43. The third-order valence-electron chi connectivity index (χ3n) is 5.06. The van der Waals surface area contributed by atoms with Gasteiger partial charge in [-0.2, -0.15) is 0 Å². The molecule has 0 radical (unpaired) electrons. The maximum Gasteiger partial charge on any atom is 0.153 e. The van der Waals surface area contributed by atoms with Crippen LogP contribution in [0.2, 0.25) is 0 Å². The molecule has 3 nitrogen and oxygen atoms in total. The van der Waals surface area contributed by atoms with E-state index in [-0.39, 0.29) is 0 Å². The van der Waals surface area contributed by atoms with Crippen molar-refractivity contribution in [1.29, 1.82) is 0 Å². The molecule has 2 fully saturated rings. The first-order valence-corrected chi connectivity index (χ1v) is 9.38. The molecule has 2 aliphatic rings. The monoisotopic (exact) mass is 294 g/mol. The Morgan fingerprint density at radius 3 is 2.25 bits per heavy atom. The molecule has 0 heterocycles. The van der Waals surface area contributed by atoms with Crippen LogP contribution in [0.1, 0.15) is 55.6 Å². The molecule has 0 bridgehead atoms. The molecule has 2 saturated carbocycles. The van der Waals surface area contributed by atoms with Crippen molar-refractivity contribution in [2.45, 2.75) is 55.3 Å². The third kappa shape index (κ3) is 2.29. The molecule has 1 aromatic rings. The van der Waals surface area contributed by atoms with Crippen LogP contribution >= 0.6 is 0 Å². The molecule has 2 atom stereocenters. The van der Waals surface area contributed by atoms with Gasteiger partial charge in [-0.3, -0.25) is 0 Å². The predicted molar refractivity (Wildman–Crippen MR) is 79.4 cm³/mol. The van der Waals surface area contributed by atoms with Crippen LogP contribution in [0.5, 0.6) is 0 Å². The highest BCUT2D eigenvalue weighted by atomic mass is 32.2. The van der Waals surface area contributed by atoms with Crippen LogP contribution in [0, 0.1) is 0 Å². The van der Waals surface area contributed by atoms with Gasteiger partial charge in [0.25, 0.3) is 0 Å². The Morgan fingerprint density at radius 2 is 1.75 bits per heavy atom. The summed E-state index contributed by atoms with van der Waals surface area (Å²) in [6.07, 6.45) is 6.88. The van der Waals surface area contributed by atoms with Crippen LogP contribution in [-0.4, -0.2) is 25.0 Å². The highest BCUT2D eigenvalue weighted by Crippen LogP contribution is 2.43. The van der Waals surface area contributed by atoms with E-state index in [0.717, 1.165) is 12.0 Å². The Morgan fingerprint density at radius 1 is 1.10 bits per heavy atom. The van der Waals surface area contributed by atoms with Crippen molar-refractivity contribution in [2.24, 2.45) is 0 Å². The fourth-order valence-corrected chi connectivity index (χ4v) is 5.20. The summed E-state index contributed by atoms with van der Waals surface area (Å²) in [4.78, 5) is 0. The van der Waals surface area contributed by atoms with Crippen LogP contribution in [0.15, 0.2) is 24.3 Å². The van der Waals surface area contributed by atoms with E-state index >= 15 is 0 Å². The minimum atomic E-state index is -3.23. The van der Waals surface area contributed by atoms with Gasteiger partial charge in [-0.1, -0.05) is 30.7 Å². The van der Waals surface area contributed by atoms with Crippen LogP contribution in [-0.2, 0) is 15.4 Å². The fraction of sp³-hybridized carbons (Fsp3) is 0.625. The summed E-state index contributed by atoms with van der Waals surface area (Å²) >= 11 is 0. The van der Waals surface area contributed by atoms with Crippen LogP contribution in [0.3, 0.4) is 0 Å². The Hall–Kier alpha value is -0.870. The summed E-state index contributed by atoms with van der Waals surface area (Å²) in [6.45, 7) is 0.